The molecule has 7 N–H and O–H groups in total. The average Bonchev–Trinajstić information content (AvgIpc) is 2.11. The number of nitrogen functional groups attached to an aromatic ring is 3. The number of aryl methyl sites for hydroxylation is 1. The van der Waals surface area contributed by atoms with Gasteiger partial charge in [0.2, 0.25) is 0 Å². The Morgan fingerprint density at radius 2 is 2.00 bits per heavy atom. The summed E-state index contributed by atoms with van der Waals surface area (Å²) in [6, 6.07) is 3.64. The molecular weight excluding hydrogens is 176 g/mol. The van der Waals surface area contributed by atoms with Gasteiger partial charge in [-0.15, -0.1) is 0 Å². The van der Waals surface area contributed by atoms with Crippen molar-refractivity contribution in [1.82, 2.24) is 0 Å². The van der Waals surface area contributed by atoms with Gasteiger partial charge in [-0.1, -0.05) is 19.4 Å². The fraction of sp³-hybridized carbons (Fsp3) is 0.300. The van der Waals surface area contributed by atoms with Crippen LogP contribution in [0.5, 0.6) is 0 Å². The van der Waals surface area contributed by atoms with Gasteiger partial charge in [-0.2, -0.15) is 0 Å². The summed E-state index contributed by atoms with van der Waals surface area (Å²) in [7, 11) is 0. The summed E-state index contributed by atoms with van der Waals surface area (Å²) < 4.78 is 0. The van der Waals surface area contributed by atoms with Crippen LogP contribution in [0.4, 0.5) is 11.4 Å². The molecule has 0 aromatic heterocycles. The molecule has 0 spiro atoms. The van der Waals surface area contributed by atoms with Crippen molar-refractivity contribution in [3.63, 3.8) is 0 Å². The van der Waals surface area contributed by atoms with Crippen LogP contribution in [0.2, 0.25) is 0 Å². The molecule has 0 atom stereocenters. The first kappa shape index (κ1) is 10.4. The van der Waals surface area contributed by atoms with Crippen LogP contribution < -0.4 is 17.2 Å². The Balaban J connectivity index is 3.30. The van der Waals surface area contributed by atoms with Gasteiger partial charge >= 0.3 is 0 Å². The Kier molecular flexibility index (Phi) is 2.96. The van der Waals surface area contributed by atoms with Gasteiger partial charge in [0, 0.05) is 5.56 Å². The quantitative estimate of drug-likeness (QED) is 0.327. The van der Waals surface area contributed by atoms with Crippen LogP contribution in [0.25, 0.3) is 0 Å². The van der Waals surface area contributed by atoms with E-state index in [4.69, 9.17) is 22.6 Å². The minimum absolute atomic E-state index is 0.0155. The summed E-state index contributed by atoms with van der Waals surface area (Å²) in [5, 5.41) is 7.43. The fourth-order valence-corrected chi connectivity index (χ4v) is 1.48. The van der Waals surface area contributed by atoms with Crippen LogP contribution in [-0.4, -0.2) is 5.84 Å². The SMILES string of the molecule is CCCc1ccc(N)c(N)c1C(=N)N. The van der Waals surface area contributed by atoms with E-state index in [0.29, 0.717) is 16.9 Å². The van der Waals surface area contributed by atoms with Crippen LogP contribution in [0.15, 0.2) is 12.1 Å². The third kappa shape index (κ3) is 1.79. The van der Waals surface area contributed by atoms with E-state index in [-0.39, 0.29) is 5.84 Å². The number of nitrogens with one attached hydrogen (secondary N) is 1. The van der Waals surface area contributed by atoms with Gasteiger partial charge in [0.1, 0.15) is 5.84 Å². The van der Waals surface area contributed by atoms with Crippen molar-refractivity contribution >= 4 is 17.2 Å². The molecule has 0 heterocycles. The summed E-state index contributed by atoms with van der Waals surface area (Å²) in [6.07, 6.45) is 1.85. The van der Waals surface area contributed by atoms with Gasteiger partial charge in [0.25, 0.3) is 0 Å². The molecule has 0 radical (unpaired) electrons. The van der Waals surface area contributed by atoms with Crippen molar-refractivity contribution < 1.29 is 0 Å². The minimum atomic E-state index is -0.0155. The van der Waals surface area contributed by atoms with Gasteiger partial charge in [0.05, 0.1) is 11.4 Å². The molecule has 0 unspecified atom stereocenters. The van der Waals surface area contributed by atoms with Crippen LogP contribution in [0, 0.1) is 5.41 Å². The first-order chi connectivity index (χ1) is 6.57. The van der Waals surface area contributed by atoms with E-state index in [0.717, 1.165) is 18.4 Å². The topological polar surface area (TPSA) is 102 Å². The summed E-state index contributed by atoms with van der Waals surface area (Å²) >= 11 is 0. The normalized spacial score (nSPS) is 10.1. The molecule has 0 fully saturated rings. The molecular formula is C10H16N4. The number of rotatable bonds is 3. The second kappa shape index (κ2) is 4.00. The number of benzene rings is 1. The molecule has 1 aromatic carbocycles. The van der Waals surface area contributed by atoms with E-state index in [1.807, 2.05) is 6.07 Å². The third-order valence-electron chi connectivity index (χ3n) is 2.15. The highest BCUT2D eigenvalue weighted by molar-refractivity contribution is 6.03. The van der Waals surface area contributed by atoms with E-state index < -0.39 is 0 Å². The highest BCUT2D eigenvalue weighted by atomic mass is 14.7. The second-order valence-corrected chi connectivity index (χ2v) is 3.27. The summed E-state index contributed by atoms with van der Waals surface area (Å²) in [5.41, 5.74) is 19.4. The van der Waals surface area contributed by atoms with E-state index in [2.05, 4.69) is 6.92 Å². The molecule has 76 valence electrons. The number of hydrogen-bond donors (Lipinski definition) is 4. The van der Waals surface area contributed by atoms with Crippen molar-refractivity contribution in [3.05, 3.63) is 23.3 Å². The maximum absolute atomic E-state index is 7.43. The van der Waals surface area contributed by atoms with Gasteiger partial charge in [0.15, 0.2) is 0 Å². The molecule has 4 heteroatoms. The molecule has 0 bridgehead atoms. The molecule has 1 aromatic rings. The van der Waals surface area contributed by atoms with Gasteiger partial charge in [-0.05, 0) is 18.1 Å². The first-order valence-electron chi connectivity index (χ1n) is 4.59. The summed E-state index contributed by atoms with van der Waals surface area (Å²) in [5.74, 6) is -0.0155. The predicted octanol–water partition coefficient (Wildman–Crippen LogP) is 1.09. The number of hydrogen-bond acceptors (Lipinski definition) is 3. The van der Waals surface area contributed by atoms with Crippen LogP contribution >= 0.6 is 0 Å². The summed E-state index contributed by atoms with van der Waals surface area (Å²) in [4.78, 5) is 0. The Bertz CT molecular complexity index is 357. The Morgan fingerprint density at radius 3 is 2.50 bits per heavy atom. The molecule has 0 amide bonds. The zero-order valence-electron chi connectivity index (χ0n) is 8.30. The Labute approximate surface area is 83.6 Å². The van der Waals surface area contributed by atoms with Crippen LogP contribution in [-0.2, 0) is 6.42 Å². The van der Waals surface area contributed by atoms with Crippen molar-refractivity contribution in [2.24, 2.45) is 5.73 Å². The Hall–Kier alpha value is -1.71. The Morgan fingerprint density at radius 1 is 1.36 bits per heavy atom. The fourth-order valence-electron chi connectivity index (χ4n) is 1.48. The van der Waals surface area contributed by atoms with Crippen molar-refractivity contribution in [3.8, 4) is 0 Å². The zero-order valence-corrected chi connectivity index (χ0v) is 8.30. The maximum Gasteiger partial charge on any atom is 0.125 e. The number of amidine groups is 1. The van der Waals surface area contributed by atoms with Gasteiger partial charge < -0.3 is 17.2 Å². The van der Waals surface area contributed by atoms with Crippen molar-refractivity contribution in [1.29, 1.82) is 5.41 Å². The second-order valence-electron chi connectivity index (χ2n) is 3.27. The van der Waals surface area contributed by atoms with E-state index in [1.165, 1.54) is 0 Å². The van der Waals surface area contributed by atoms with E-state index in [9.17, 15) is 0 Å². The molecule has 0 aliphatic carbocycles. The lowest BCUT2D eigenvalue weighted by atomic mass is 9.99. The predicted molar refractivity (Wildman–Crippen MR) is 60.3 cm³/mol. The molecule has 4 nitrogen and oxygen atoms in total. The van der Waals surface area contributed by atoms with Crippen LogP contribution in [0.3, 0.4) is 0 Å². The molecule has 0 saturated heterocycles. The molecule has 1 rings (SSSR count). The lowest BCUT2D eigenvalue weighted by Gasteiger charge is -2.12. The number of nitrogens with two attached hydrogens (primary N) is 3. The minimum Gasteiger partial charge on any atom is -0.397 e. The zero-order chi connectivity index (χ0) is 10.7. The molecule has 0 aliphatic heterocycles. The van der Waals surface area contributed by atoms with E-state index >= 15 is 0 Å². The highest BCUT2D eigenvalue weighted by Gasteiger charge is 2.10. The third-order valence-corrected chi connectivity index (χ3v) is 2.15. The standard InChI is InChI=1S/C10H16N4/c1-2-3-6-4-5-7(11)9(12)8(6)10(13)14/h4-5H,2-3,11-12H2,1H3,(H3,13,14). The number of anilines is 2. The summed E-state index contributed by atoms with van der Waals surface area (Å²) in [6.45, 7) is 2.07. The van der Waals surface area contributed by atoms with Crippen molar-refractivity contribution in [2.45, 2.75) is 19.8 Å². The van der Waals surface area contributed by atoms with Gasteiger partial charge in [-0.3, -0.25) is 5.41 Å². The molecule has 0 aliphatic rings. The highest BCUT2D eigenvalue weighted by Crippen LogP contribution is 2.24. The lowest BCUT2D eigenvalue weighted by Crippen LogP contribution is -2.17. The van der Waals surface area contributed by atoms with Crippen molar-refractivity contribution in [2.75, 3.05) is 11.5 Å². The largest absolute Gasteiger partial charge is 0.397 e. The van der Waals surface area contributed by atoms with E-state index in [1.54, 1.807) is 6.07 Å². The lowest BCUT2D eigenvalue weighted by molar-refractivity contribution is 0.919. The average molecular weight is 192 g/mol. The maximum atomic E-state index is 7.43. The molecule has 0 saturated carbocycles. The first-order valence-corrected chi connectivity index (χ1v) is 4.59. The monoisotopic (exact) mass is 192 g/mol. The van der Waals surface area contributed by atoms with Gasteiger partial charge in [-0.25, -0.2) is 0 Å². The molecule has 14 heavy (non-hydrogen) atoms. The van der Waals surface area contributed by atoms with Crippen LogP contribution in [0.1, 0.15) is 24.5 Å². The smallest absolute Gasteiger partial charge is 0.125 e.